The first kappa shape index (κ1) is 18.2. The smallest absolute Gasteiger partial charge is 0.342 e. The van der Waals surface area contributed by atoms with Crippen LogP contribution in [-0.2, 0) is 17.0 Å². The summed E-state index contributed by atoms with van der Waals surface area (Å²) in [5.74, 6) is 0.587. The number of furan rings is 1. The summed E-state index contributed by atoms with van der Waals surface area (Å²) >= 11 is 1.42. The Morgan fingerprint density at radius 1 is 1.14 bits per heavy atom. The molecule has 0 unspecified atom stereocenters. The van der Waals surface area contributed by atoms with E-state index in [0.29, 0.717) is 41.0 Å². The van der Waals surface area contributed by atoms with E-state index in [1.54, 1.807) is 11.6 Å². The van der Waals surface area contributed by atoms with Crippen LogP contribution in [0.5, 0.6) is 0 Å². The molecule has 7 nitrogen and oxygen atoms in total. The first-order chi connectivity index (χ1) is 13.8. The third-order valence-corrected chi connectivity index (χ3v) is 5.11. The van der Waals surface area contributed by atoms with Crippen molar-refractivity contribution in [1.82, 2.24) is 20.2 Å². The van der Waals surface area contributed by atoms with E-state index in [-0.39, 0.29) is 5.97 Å². The molecule has 0 amide bonds. The molecule has 0 aliphatic carbocycles. The van der Waals surface area contributed by atoms with Crippen molar-refractivity contribution >= 4 is 28.7 Å². The topological polar surface area (TPSA) is 83.0 Å². The van der Waals surface area contributed by atoms with Gasteiger partial charge in [-0.15, -0.1) is 5.10 Å². The van der Waals surface area contributed by atoms with Crippen LogP contribution in [0.2, 0.25) is 0 Å². The number of carbonyl (C=O) groups is 1. The Bertz CT molecular complexity index is 1090. The van der Waals surface area contributed by atoms with Crippen LogP contribution < -0.4 is 0 Å². The van der Waals surface area contributed by atoms with Crippen LogP contribution in [0.4, 0.5) is 0 Å². The van der Waals surface area contributed by atoms with Crippen LogP contribution in [-0.4, -0.2) is 32.8 Å². The molecule has 0 aliphatic heterocycles. The third kappa shape index (κ3) is 3.77. The summed E-state index contributed by atoms with van der Waals surface area (Å²) in [5, 5.41) is 13.3. The number of carbonyl (C=O) groups excluding carboxylic acids is 1. The van der Waals surface area contributed by atoms with Crippen molar-refractivity contribution in [2.75, 3.05) is 6.61 Å². The predicted molar refractivity (Wildman–Crippen MR) is 105 cm³/mol. The van der Waals surface area contributed by atoms with Crippen molar-refractivity contribution in [2.24, 2.45) is 0 Å². The summed E-state index contributed by atoms with van der Waals surface area (Å²) in [6.07, 6.45) is 0. The summed E-state index contributed by atoms with van der Waals surface area (Å²) in [4.78, 5) is 12.5. The first-order valence-corrected chi connectivity index (χ1v) is 9.85. The molecule has 0 aliphatic rings. The van der Waals surface area contributed by atoms with Gasteiger partial charge in [0.15, 0.2) is 0 Å². The number of thioether (sulfide) groups is 1. The molecule has 2 aromatic carbocycles. The maximum absolute atomic E-state index is 12.5. The average Bonchev–Trinajstić information content (AvgIpc) is 3.31. The minimum Gasteiger partial charge on any atom is -0.462 e. The highest BCUT2D eigenvalue weighted by Crippen LogP contribution is 2.31. The molecular formula is C20H18N4O3S. The Kier molecular flexibility index (Phi) is 5.38. The van der Waals surface area contributed by atoms with Gasteiger partial charge in [-0.05, 0) is 29.0 Å². The Morgan fingerprint density at radius 3 is 2.75 bits per heavy atom. The number of fused-ring (bicyclic) bond motifs is 1. The predicted octanol–water partition coefficient (Wildman–Crippen LogP) is 3.94. The number of para-hydroxylation sites is 1. The van der Waals surface area contributed by atoms with Crippen LogP contribution in [0.1, 0.15) is 28.6 Å². The zero-order valence-electron chi connectivity index (χ0n) is 15.2. The van der Waals surface area contributed by atoms with E-state index < -0.39 is 0 Å². The molecule has 0 N–H and O–H groups in total. The van der Waals surface area contributed by atoms with Crippen LogP contribution in [0.25, 0.3) is 11.0 Å². The van der Waals surface area contributed by atoms with Crippen LogP contribution in [0, 0.1) is 0 Å². The Morgan fingerprint density at radius 2 is 1.93 bits per heavy atom. The lowest BCUT2D eigenvalue weighted by Crippen LogP contribution is -2.07. The molecule has 4 aromatic rings. The maximum Gasteiger partial charge on any atom is 0.342 e. The summed E-state index contributed by atoms with van der Waals surface area (Å²) < 4.78 is 12.9. The molecule has 0 fully saturated rings. The van der Waals surface area contributed by atoms with Crippen molar-refractivity contribution in [3.63, 3.8) is 0 Å². The molecule has 0 bridgehead atoms. The van der Waals surface area contributed by atoms with Crippen LogP contribution >= 0.6 is 11.8 Å². The fourth-order valence-corrected chi connectivity index (χ4v) is 3.72. The van der Waals surface area contributed by atoms with Gasteiger partial charge < -0.3 is 9.15 Å². The number of benzene rings is 2. The Hall–Kier alpha value is -3.13. The van der Waals surface area contributed by atoms with Gasteiger partial charge >= 0.3 is 5.97 Å². The normalized spacial score (nSPS) is 11.0. The van der Waals surface area contributed by atoms with E-state index in [2.05, 4.69) is 15.5 Å². The highest BCUT2D eigenvalue weighted by atomic mass is 32.2. The average molecular weight is 394 g/mol. The second-order valence-electron chi connectivity index (χ2n) is 6.01. The van der Waals surface area contributed by atoms with Gasteiger partial charge in [0.2, 0.25) is 5.16 Å². The minimum absolute atomic E-state index is 0.306. The maximum atomic E-state index is 12.5. The summed E-state index contributed by atoms with van der Waals surface area (Å²) in [6.45, 7) is 2.66. The van der Waals surface area contributed by atoms with Gasteiger partial charge in [0, 0.05) is 5.39 Å². The van der Waals surface area contributed by atoms with Crippen LogP contribution in [0.15, 0.2) is 64.2 Å². The van der Waals surface area contributed by atoms with Crippen molar-refractivity contribution in [1.29, 1.82) is 0 Å². The highest BCUT2D eigenvalue weighted by molar-refractivity contribution is 7.98. The van der Waals surface area contributed by atoms with Crippen LogP contribution in [0.3, 0.4) is 0 Å². The van der Waals surface area contributed by atoms with Crippen molar-refractivity contribution < 1.29 is 13.9 Å². The fourth-order valence-electron chi connectivity index (χ4n) is 2.91. The van der Waals surface area contributed by atoms with Gasteiger partial charge in [-0.25, -0.2) is 9.48 Å². The molecule has 0 saturated heterocycles. The molecule has 0 radical (unpaired) electrons. The van der Waals surface area contributed by atoms with E-state index >= 15 is 0 Å². The molecular weight excluding hydrogens is 376 g/mol. The molecule has 2 aromatic heterocycles. The molecule has 28 heavy (non-hydrogen) atoms. The first-order valence-electron chi connectivity index (χ1n) is 8.86. The monoisotopic (exact) mass is 394 g/mol. The quantitative estimate of drug-likeness (QED) is 0.347. The second-order valence-corrected chi connectivity index (χ2v) is 6.95. The van der Waals surface area contributed by atoms with Gasteiger partial charge in [-0.1, -0.05) is 60.3 Å². The minimum atomic E-state index is -0.382. The number of rotatable bonds is 7. The Balaban J connectivity index is 1.58. The highest BCUT2D eigenvalue weighted by Gasteiger charge is 2.22. The Labute approximate surface area is 165 Å². The molecule has 142 valence electrons. The number of aromatic nitrogens is 4. The zero-order valence-corrected chi connectivity index (χ0v) is 16.1. The molecule has 8 heteroatoms. The number of nitrogens with zero attached hydrogens (tertiary/aromatic N) is 4. The van der Waals surface area contributed by atoms with E-state index in [1.165, 1.54) is 11.8 Å². The number of ether oxygens (including phenoxy) is 1. The number of tetrazole rings is 1. The van der Waals surface area contributed by atoms with E-state index in [4.69, 9.17) is 9.15 Å². The van der Waals surface area contributed by atoms with E-state index in [0.717, 1.165) is 10.9 Å². The molecule has 4 rings (SSSR count). The lowest BCUT2D eigenvalue weighted by atomic mass is 10.1. The standard InChI is InChI=1S/C20H18N4O3S/c1-2-26-19(25)18-15-10-6-7-11-16(15)27-17(18)13-28-20-21-22-23-24(20)12-14-8-4-3-5-9-14/h3-11H,2,12-13H2,1H3. The van der Waals surface area contributed by atoms with Gasteiger partial charge in [-0.2, -0.15) is 0 Å². The summed E-state index contributed by atoms with van der Waals surface area (Å²) in [5.41, 5.74) is 2.23. The zero-order chi connectivity index (χ0) is 19.3. The number of esters is 1. The van der Waals surface area contributed by atoms with Crippen molar-refractivity contribution in [3.8, 4) is 0 Å². The summed E-state index contributed by atoms with van der Waals surface area (Å²) in [7, 11) is 0. The van der Waals surface area contributed by atoms with Gasteiger partial charge in [0.1, 0.15) is 16.9 Å². The number of hydrogen-bond acceptors (Lipinski definition) is 7. The molecule has 0 atom stereocenters. The molecule has 2 heterocycles. The lowest BCUT2D eigenvalue weighted by Gasteiger charge is -2.05. The number of hydrogen-bond donors (Lipinski definition) is 0. The summed E-state index contributed by atoms with van der Waals surface area (Å²) in [6, 6.07) is 17.4. The SMILES string of the molecule is CCOC(=O)c1c(CSc2nnnn2Cc2ccccc2)oc2ccccc12. The van der Waals surface area contributed by atoms with Gasteiger partial charge in [-0.3, -0.25) is 0 Å². The van der Waals surface area contributed by atoms with E-state index in [9.17, 15) is 4.79 Å². The third-order valence-electron chi connectivity index (χ3n) is 4.15. The van der Waals surface area contributed by atoms with E-state index in [1.807, 2.05) is 54.6 Å². The lowest BCUT2D eigenvalue weighted by molar-refractivity contribution is 0.0526. The second kappa shape index (κ2) is 8.26. The van der Waals surface area contributed by atoms with Crippen molar-refractivity contribution in [2.45, 2.75) is 24.4 Å². The largest absolute Gasteiger partial charge is 0.462 e. The molecule has 0 saturated carbocycles. The molecule has 0 spiro atoms. The van der Waals surface area contributed by atoms with Gasteiger partial charge in [0.25, 0.3) is 0 Å². The van der Waals surface area contributed by atoms with Gasteiger partial charge in [0.05, 0.1) is 18.9 Å². The fraction of sp³-hybridized carbons (Fsp3) is 0.200. The van der Waals surface area contributed by atoms with Crippen molar-refractivity contribution in [3.05, 3.63) is 71.5 Å².